The first kappa shape index (κ1) is 16.8. The third-order valence-corrected chi connectivity index (χ3v) is 7.37. The highest BCUT2D eigenvalue weighted by Gasteiger charge is 2.31. The summed E-state index contributed by atoms with van der Waals surface area (Å²) in [6, 6.07) is 17.2. The summed E-state index contributed by atoms with van der Waals surface area (Å²) < 4.78 is 24.7. The van der Waals surface area contributed by atoms with Crippen molar-refractivity contribution in [2.24, 2.45) is 0 Å². The van der Waals surface area contributed by atoms with Crippen molar-refractivity contribution in [1.82, 2.24) is 0 Å². The molecule has 0 saturated carbocycles. The summed E-state index contributed by atoms with van der Waals surface area (Å²) in [6.07, 6.45) is 6.74. The van der Waals surface area contributed by atoms with Crippen LogP contribution in [0.5, 0.6) is 5.75 Å². The monoisotopic (exact) mass is 340 g/mol. The molecule has 0 amide bonds. The Kier molecular flexibility index (Phi) is 5.03. The highest BCUT2D eigenvalue weighted by atomic mass is 31.2. The van der Waals surface area contributed by atoms with Gasteiger partial charge in [0.2, 0.25) is 0 Å². The fraction of sp³-hybridized carbons (Fsp3) is 0.200. The lowest BCUT2D eigenvalue weighted by Crippen LogP contribution is -2.19. The Morgan fingerprint density at radius 3 is 2.17 bits per heavy atom. The van der Waals surface area contributed by atoms with Crippen LogP contribution in [-0.2, 0) is 9.30 Å². The molecular weight excluding hydrogens is 319 g/mol. The Labute approximate surface area is 143 Å². The zero-order valence-corrected chi connectivity index (χ0v) is 14.8. The minimum absolute atomic E-state index is 0.0499. The van der Waals surface area contributed by atoms with E-state index in [1.165, 1.54) is 0 Å². The minimum atomic E-state index is -2.90. The van der Waals surface area contributed by atoms with Gasteiger partial charge >= 0.3 is 0 Å². The molecular formula is C20H21O3P. The Bertz CT molecular complexity index is 791. The van der Waals surface area contributed by atoms with Gasteiger partial charge in [0.05, 0.1) is 13.2 Å². The molecule has 2 aromatic carbocycles. The van der Waals surface area contributed by atoms with E-state index in [0.717, 1.165) is 28.1 Å². The molecule has 0 heterocycles. The van der Waals surface area contributed by atoms with Crippen LogP contribution in [0.15, 0.2) is 78.1 Å². The van der Waals surface area contributed by atoms with Crippen LogP contribution < -0.4 is 15.3 Å². The standard InChI is InChI=1S/C20H21O3P/c1-22-16-8-12-19(13-9-16)24(21,18-6-4-3-5-7-18)20-14-10-17(23-2)11-15-20/h3-10,12-15,17H,11H2,1-2H3. The van der Waals surface area contributed by atoms with Gasteiger partial charge in [0.15, 0.2) is 7.14 Å². The summed E-state index contributed by atoms with van der Waals surface area (Å²) in [6.45, 7) is 0. The summed E-state index contributed by atoms with van der Waals surface area (Å²) in [5, 5.41) is 2.50. The lowest BCUT2D eigenvalue weighted by molar-refractivity contribution is 0.142. The Balaban J connectivity index is 2.10. The highest BCUT2D eigenvalue weighted by molar-refractivity contribution is 7.82. The van der Waals surface area contributed by atoms with Crippen molar-refractivity contribution in [3.05, 3.63) is 78.1 Å². The van der Waals surface area contributed by atoms with Gasteiger partial charge in [0.25, 0.3) is 0 Å². The van der Waals surface area contributed by atoms with Crippen LogP contribution in [0.1, 0.15) is 6.42 Å². The average Bonchev–Trinajstić information content (AvgIpc) is 2.68. The maximum Gasteiger partial charge on any atom is 0.170 e. The van der Waals surface area contributed by atoms with E-state index in [-0.39, 0.29) is 6.10 Å². The van der Waals surface area contributed by atoms with Crippen molar-refractivity contribution in [1.29, 1.82) is 0 Å². The molecule has 0 aromatic heterocycles. The van der Waals surface area contributed by atoms with Crippen molar-refractivity contribution >= 4 is 17.8 Å². The van der Waals surface area contributed by atoms with E-state index in [9.17, 15) is 4.57 Å². The summed E-state index contributed by atoms with van der Waals surface area (Å²) in [5.74, 6) is 0.756. The van der Waals surface area contributed by atoms with Gasteiger partial charge in [-0.25, -0.2) is 0 Å². The molecule has 0 spiro atoms. The van der Waals surface area contributed by atoms with Crippen molar-refractivity contribution in [2.75, 3.05) is 14.2 Å². The summed E-state index contributed by atoms with van der Waals surface area (Å²) in [7, 11) is 0.413. The van der Waals surface area contributed by atoms with Crippen molar-refractivity contribution in [2.45, 2.75) is 12.5 Å². The number of rotatable bonds is 5. The lowest BCUT2D eigenvalue weighted by Gasteiger charge is -2.24. The van der Waals surface area contributed by atoms with E-state index >= 15 is 0 Å². The molecule has 2 aromatic rings. The Hall–Kier alpha value is -2.09. The van der Waals surface area contributed by atoms with E-state index in [4.69, 9.17) is 9.47 Å². The maximum atomic E-state index is 14.2. The first-order chi connectivity index (χ1) is 11.7. The fourth-order valence-corrected chi connectivity index (χ4v) is 5.59. The largest absolute Gasteiger partial charge is 0.497 e. The Morgan fingerprint density at radius 1 is 0.958 bits per heavy atom. The van der Waals surface area contributed by atoms with Gasteiger partial charge in [0, 0.05) is 23.0 Å². The molecule has 4 heteroatoms. The topological polar surface area (TPSA) is 35.5 Å². The predicted molar refractivity (Wildman–Crippen MR) is 98.9 cm³/mol. The second kappa shape index (κ2) is 7.21. The van der Waals surface area contributed by atoms with E-state index in [1.807, 2.05) is 72.8 Å². The van der Waals surface area contributed by atoms with E-state index < -0.39 is 7.14 Å². The minimum Gasteiger partial charge on any atom is -0.497 e. The maximum absolute atomic E-state index is 14.2. The van der Waals surface area contributed by atoms with E-state index in [1.54, 1.807) is 14.2 Å². The molecule has 0 fully saturated rings. The molecule has 0 radical (unpaired) electrons. The Morgan fingerprint density at radius 2 is 1.62 bits per heavy atom. The molecule has 0 saturated heterocycles. The van der Waals surface area contributed by atoms with Gasteiger partial charge < -0.3 is 14.0 Å². The number of ether oxygens (including phenoxy) is 2. The second-order valence-electron chi connectivity index (χ2n) is 5.64. The molecule has 0 bridgehead atoms. The lowest BCUT2D eigenvalue weighted by atomic mass is 10.1. The molecule has 0 aliphatic heterocycles. The predicted octanol–water partition coefficient (Wildman–Crippen LogP) is 3.87. The first-order valence-corrected chi connectivity index (χ1v) is 9.61. The zero-order valence-electron chi connectivity index (χ0n) is 13.9. The van der Waals surface area contributed by atoms with Crippen LogP contribution in [-0.4, -0.2) is 20.3 Å². The average molecular weight is 340 g/mol. The van der Waals surface area contributed by atoms with Gasteiger partial charge in [-0.05, 0) is 30.7 Å². The van der Waals surface area contributed by atoms with E-state index in [2.05, 4.69) is 0 Å². The summed E-state index contributed by atoms with van der Waals surface area (Å²) in [5.41, 5.74) is 0. The molecule has 1 aliphatic carbocycles. The van der Waals surface area contributed by atoms with Gasteiger partial charge in [0.1, 0.15) is 5.75 Å². The molecule has 2 unspecified atom stereocenters. The molecule has 3 rings (SSSR count). The number of hydrogen-bond acceptors (Lipinski definition) is 3. The third-order valence-electron chi connectivity index (χ3n) is 4.26. The van der Waals surface area contributed by atoms with Gasteiger partial charge in [-0.15, -0.1) is 0 Å². The van der Waals surface area contributed by atoms with Crippen LogP contribution >= 0.6 is 7.14 Å². The second-order valence-corrected chi connectivity index (χ2v) is 8.41. The molecule has 1 aliphatic rings. The SMILES string of the molecule is COc1ccc(P(=O)(C2=CCC(OC)C=C2)c2ccccc2)cc1. The molecule has 24 heavy (non-hydrogen) atoms. The van der Waals surface area contributed by atoms with Crippen LogP contribution in [0.2, 0.25) is 0 Å². The van der Waals surface area contributed by atoms with Gasteiger partial charge in [-0.1, -0.05) is 48.6 Å². The van der Waals surface area contributed by atoms with Crippen LogP contribution in [0.4, 0.5) is 0 Å². The number of benzene rings is 2. The van der Waals surface area contributed by atoms with E-state index in [0.29, 0.717) is 0 Å². The number of allylic oxidation sites excluding steroid dienone is 2. The normalized spacial score (nSPS) is 19.4. The van der Waals surface area contributed by atoms with Crippen molar-refractivity contribution < 1.29 is 14.0 Å². The summed E-state index contributed by atoms with van der Waals surface area (Å²) >= 11 is 0. The van der Waals surface area contributed by atoms with Crippen molar-refractivity contribution in [3.63, 3.8) is 0 Å². The zero-order chi connectivity index (χ0) is 17.0. The quantitative estimate of drug-likeness (QED) is 0.775. The van der Waals surface area contributed by atoms with Crippen LogP contribution in [0.3, 0.4) is 0 Å². The molecule has 124 valence electrons. The molecule has 2 atom stereocenters. The molecule has 0 N–H and O–H groups in total. The van der Waals surface area contributed by atoms with Crippen molar-refractivity contribution in [3.8, 4) is 5.75 Å². The first-order valence-electron chi connectivity index (χ1n) is 7.90. The third kappa shape index (κ3) is 3.10. The molecule has 3 nitrogen and oxygen atoms in total. The summed E-state index contributed by atoms with van der Waals surface area (Å²) in [4.78, 5) is 0. The number of hydrogen-bond donors (Lipinski definition) is 0. The van der Waals surface area contributed by atoms with Gasteiger partial charge in [-0.2, -0.15) is 0 Å². The number of methoxy groups -OCH3 is 2. The van der Waals surface area contributed by atoms with Crippen LogP contribution in [0, 0.1) is 0 Å². The highest BCUT2D eigenvalue weighted by Crippen LogP contribution is 2.53. The fourth-order valence-electron chi connectivity index (χ4n) is 2.88. The van der Waals surface area contributed by atoms with Crippen LogP contribution in [0.25, 0.3) is 0 Å². The van der Waals surface area contributed by atoms with Gasteiger partial charge in [-0.3, -0.25) is 0 Å². The smallest absolute Gasteiger partial charge is 0.170 e.